The van der Waals surface area contributed by atoms with Gasteiger partial charge >= 0.3 is 0 Å². The van der Waals surface area contributed by atoms with Crippen LogP contribution in [0, 0.1) is 0 Å². The van der Waals surface area contributed by atoms with E-state index in [1.807, 2.05) is 0 Å². The summed E-state index contributed by atoms with van der Waals surface area (Å²) < 4.78 is 2.48. The van der Waals surface area contributed by atoms with Gasteiger partial charge in [-0.15, -0.1) is 0 Å². The fourth-order valence-electron chi connectivity index (χ4n) is 8.75. The van der Waals surface area contributed by atoms with E-state index in [0.29, 0.717) is 0 Å². The molecule has 0 bridgehead atoms. The Morgan fingerprint density at radius 1 is 0.296 bits per heavy atom. The summed E-state index contributed by atoms with van der Waals surface area (Å²) in [5, 5.41) is 5.25. The topological polar surface area (TPSA) is 8.17 Å². The molecule has 1 aliphatic rings. The van der Waals surface area contributed by atoms with Gasteiger partial charge in [-0.25, -0.2) is 0 Å². The van der Waals surface area contributed by atoms with E-state index < -0.39 is 0 Å². The highest BCUT2D eigenvalue weighted by atomic mass is 15.1. The first-order chi connectivity index (χ1) is 26.8. The van der Waals surface area contributed by atoms with Gasteiger partial charge in [-0.3, -0.25) is 0 Å². The fraction of sp³-hybridized carbons (Fsp3) is 0. The van der Waals surface area contributed by atoms with E-state index in [4.69, 9.17) is 0 Å². The Kier molecular flexibility index (Phi) is 6.90. The second kappa shape index (κ2) is 12.2. The van der Waals surface area contributed by atoms with Gasteiger partial charge in [0.05, 0.1) is 11.0 Å². The van der Waals surface area contributed by atoms with Crippen LogP contribution in [0.2, 0.25) is 0 Å². The van der Waals surface area contributed by atoms with E-state index in [9.17, 15) is 0 Å². The Bertz CT molecular complexity index is 2960. The van der Waals surface area contributed by atoms with Gasteiger partial charge in [-0.2, -0.15) is 0 Å². The molecular formula is C52H34N2. The second-order valence-electron chi connectivity index (χ2n) is 14.1. The van der Waals surface area contributed by atoms with Gasteiger partial charge in [0.25, 0.3) is 0 Å². The largest absolute Gasteiger partial charge is 0.311 e. The third-order valence-electron chi connectivity index (χ3n) is 11.1. The summed E-state index contributed by atoms with van der Waals surface area (Å²) in [6, 6.07) is 75.0. The molecule has 11 rings (SSSR count). The molecule has 10 aromatic rings. The maximum absolute atomic E-state index is 2.48. The second-order valence-corrected chi connectivity index (χ2v) is 14.1. The van der Waals surface area contributed by atoms with Crippen molar-refractivity contribution in [1.82, 2.24) is 4.57 Å². The maximum Gasteiger partial charge on any atom is 0.0554 e. The highest BCUT2D eigenvalue weighted by Gasteiger charge is 2.26. The van der Waals surface area contributed by atoms with Gasteiger partial charge < -0.3 is 9.47 Å². The van der Waals surface area contributed by atoms with Gasteiger partial charge in [-0.05, 0) is 111 Å². The van der Waals surface area contributed by atoms with Crippen LogP contribution in [-0.2, 0) is 0 Å². The zero-order chi connectivity index (χ0) is 35.6. The van der Waals surface area contributed by atoms with Crippen LogP contribution in [0.1, 0.15) is 0 Å². The van der Waals surface area contributed by atoms with Gasteiger partial charge in [0.2, 0.25) is 0 Å². The van der Waals surface area contributed by atoms with Gasteiger partial charge in [0, 0.05) is 38.9 Å². The Hall–Kier alpha value is -7.16. The van der Waals surface area contributed by atoms with E-state index in [1.54, 1.807) is 0 Å². The molecule has 0 unspecified atom stereocenters. The number of rotatable bonds is 6. The summed E-state index contributed by atoms with van der Waals surface area (Å²) in [6.07, 6.45) is 0. The zero-order valence-corrected chi connectivity index (χ0v) is 29.5. The number of para-hydroxylation sites is 2. The van der Waals surface area contributed by atoms with E-state index in [-0.39, 0.29) is 0 Å². The minimum atomic E-state index is 1.12. The van der Waals surface area contributed by atoms with Crippen molar-refractivity contribution in [3.05, 3.63) is 206 Å². The Morgan fingerprint density at radius 2 is 0.796 bits per heavy atom. The van der Waals surface area contributed by atoms with E-state index in [2.05, 4.69) is 216 Å². The van der Waals surface area contributed by atoms with Crippen LogP contribution >= 0.6 is 0 Å². The van der Waals surface area contributed by atoms with E-state index in [1.165, 1.54) is 77.1 Å². The molecule has 0 fully saturated rings. The van der Waals surface area contributed by atoms with Crippen LogP contribution in [0.4, 0.5) is 17.1 Å². The summed E-state index contributed by atoms with van der Waals surface area (Å²) in [5.41, 5.74) is 17.0. The van der Waals surface area contributed by atoms with Crippen molar-refractivity contribution >= 4 is 49.6 Å². The minimum absolute atomic E-state index is 1.12. The number of hydrogen-bond acceptors (Lipinski definition) is 1. The van der Waals surface area contributed by atoms with Gasteiger partial charge in [0.15, 0.2) is 0 Å². The van der Waals surface area contributed by atoms with Crippen molar-refractivity contribution < 1.29 is 0 Å². The molecule has 0 aliphatic heterocycles. The fourth-order valence-corrected chi connectivity index (χ4v) is 8.75. The van der Waals surface area contributed by atoms with Crippen LogP contribution in [0.5, 0.6) is 0 Å². The predicted octanol–water partition coefficient (Wildman–Crippen LogP) is 14.4. The number of aromatic nitrogens is 1. The molecule has 2 heteroatoms. The minimum Gasteiger partial charge on any atom is -0.311 e. The first kappa shape index (κ1) is 30.5. The summed E-state index contributed by atoms with van der Waals surface area (Å²) in [7, 11) is 0. The average molecular weight is 687 g/mol. The molecule has 0 spiro atoms. The molecule has 9 aromatic carbocycles. The van der Waals surface area contributed by atoms with Crippen molar-refractivity contribution in [3.63, 3.8) is 0 Å². The lowest BCUT2D eigenvalue weighted by atomic mass is 9.90. The molecule has 1 heterocycles. The predicted molar refractivity (Wildman–Crippen MR) is 228 cm³/mol. The summed E-state index contributed by atoms with van der Waals surface area (Å²) in [4.78, 5) is 2.30. The molecule has 0 saturated heterocycles. The quantitative estimate of drug-likeness (QED) is 0.169. The first-order valence-electron chi connectivity index (χ1n) is 18.6. The van der Waals surface area contributed by atoms with Crippen molar-refractivity contribution in [2.45, 2.75) is 0 Å². The monoisotopic (exact) mass is 686 g/mol. The molecule has 0 atom stereocenters. The lowest BCUT2D eigenvalue weighted by Crippen LogP contribution is -2.09. The van der Waals surface area contributed by atoms with E-state index >= 15 is 0 Å². The van der Waals surface area contributed by atoms with Crippen LogP contribution < -0.4 is 4.90 Å². The normalized spacial score (nSPS) is 11.7. The summed E-state index contributed by atoms with van der Waals surface area (Å²) >= 11 is 0. The Balaban J connectivity index is 1.08. The number of anilines is 3. The zero-order valence-electron chi connectivity index (χ0n) is 29.5. The molecule has 0 saturated carbocycles. The Morgan fingerprint density at radius 3 is 1.43 bits per heavy atom. The first-order valence-corrected chi connectivity index (χ1v) is 18.6. The SMILES string of the molecule is c1ccc(-c2cc3c4c5c(cccc25)-c2ccccc2-c2cccc(c24)n3-c2ccc(-c3ccc(N(c4ccccc4)c4ccccc4)cc3)cc2)cc1. The van der Waals surface area contributed by atoms with Crippen molar-refractivity contribution in [3.8, 4) is 50.2 Å². The summed E-state index contributed by atoms with van der Waals surface area (Å²) in [5.74, 6) is 0. The molecule has 1 aromatic heterocycles. The van der Waals surface area contributed by atoms with Crippen LogP contribution in [0.3, 0.4) is 0 Å². The number of nitrogens with zero attached hydrogens (tertiary/aromatic N) is 2. The molecule has 2 nitrogen and oxygen atoms in total. The molecule has 1 aliphatic carbocycles. The number of benzene rings is 9. The van der Waals surface area contributed by atoms with Gasteiger partial charge in [-0.1, -0.05) is 146 Å². The Labute approximate surface area is 314 Å². The number of fused-ring (bicyclic) bond motifs is 3. The van der Waals surface area contributed by atoms with Crippen LogP contribution in [0.15, 0.2) is 206 Å². The van der Waals surface area contributed by atoms with Gasteiger partial charge in [0.1, 0.15) is 0 Å². The maximum atomic E-state index is 2.48. The average Bonchev–Trinajstić information content (AvgIpc) is 3.52. The molecule has 0 amide bonds. The van der Waals surface area contributed by atoms with Crippen molar-refractivity contribution in [2.24, 2.45) is 0 Å². The third-order valence-corrected chi connectivity index (χ3v) is 11.1. The van der Waals surface area contributed by atoms with Crippen LogP contribution in [-0.4, -0.2) is 4.57 Å². The number of hydrogen-bond donors (Lipinski definition) is 0. The highest BCUT2D eigenvalue weighted by molar-refractivity contribution is 6.32. The lowest BCUT2D eigenvalue weighted by molar-refractivity contribution is 1.18. The van der Waals surface area contributed by atoms with E-state index in [0.717, 1.165) is 22.7 Å². The molecular weight excluding hydrogens is 653 g/mol. The standard InChI is InChI=1S/C52H34N2/c1-4-14-37(15-5-1)47-34-49-52-50-44(22-12-23-46(47)50)42-20-10-11-21-43(42)45-24-13-25-48(51(45)52)54(49)41-32-28-36(29-33-41)35-26-30-40(31-27-35)53(38-16-6-2-7-17-38)39-18-8-3-9-19-39/h1-34H. The summed E-state index contributed by atoms with van der Waals surface area (Å²) in [6.45, 7) is 0. The molecule has 0 radical (unpaired) electrons. The van der Waals surface area contributed by atoms with Crippen LogP contribution in [0.25, 0.3) is 82.8 Å². The smallest absolute Gasteiger partial charge is 0.0554 e. The highest BCUT2D eigenvalue weighted by Crippen LogP contribution is 2.51. The third kappa shape index (κ3) is 4.67. The lowest BCUT2D eigenvalue weighted by Gasteiger charge is -2.25. The molecule has 0 N–H and O–H groups in total. The molecule has 252 valence electrons. The molecule has 54 heavy (non-hydrogen) atoms. The van der Waals surface area contributed by atoms with Crippen molar-refractivity contribution in [1.29, 1.82) is 0 Å². The van der Waals surface area contributed by atoms with Crippen molar-refractivity contribution in [2.75, 3.05) is 4.90 Å².